The first kappa shape index (κ1) is 38.3. The number of ether oxygens (including phenoxy) is 1. The Morgan fingerprint density at radius 3 is 2.35 bits per heavy atom. The third-order valence-electron chi connectivity index (χ3n) is 9.46. The molecule has 0 radical (unpaired) electrons. The standard InChI is InChI=1S/C36H33ClF6N8O3/c1-19(33(2,3)4)35(22-8-5-20(6-9-22)25-12-10-23(38)16-45-25)30(52)50(31(44)48-35)27(17-54-32(53)49-34(13-14-34)36(41,42)43)21-7-11-24(37)26(15-21)51-29(28(39)40)46-18-47-51/h5-12,15-16,18,27-28H,1,13-14,17H2,2-4H3,(H2,44,48)(H,49,53)/t27-,35-/m1/s1. The van der Waals surface area contributed by atoms with E-state index in [1.807, 2.05) is 5.32 Å². The van der Waals surface area contributed by atoms with Gasteiger partial charge in [0.15, 0.2) is 17.3 Å². The van der Waals surface area contributed by atoms with Crippen molar-refractivity contribution in [3.8, 4) is 16.9 Å². The van der Waals surface area contributed by atoms with E-state index in [9.17, 15) is 31.1 Å². The van der Waals surface area contributed by atoms with E-state index >= 15 is 4.79 Å². The maximum absolute atomic E-state index is 15.0. The number of nitrogens with one attached hydrogen (secondary N) is 3. The lowest BCUT2D eigenvalue weighted by atomic mass is 9.71. The number of benzene rings is 2. The summed E-state index contributed by atoms with van der Waals surface area (Å²) < 4.78 is 88.3. The smallest absolute Gasteiger partial charge is 0.411 e. The lowest BCUT2D eigenvalue weighted by Crippen LogP contribution is -2.49. The fraction of sp³-hybridized carbons (Fsp3) is 0.333. The molecule has 2 aromatic carbocycles. The van der Waals surface area contributed by atoms with Crippen LogP contribution in [0.5, 0.6) is 0 Å². The fourth-order valence-corrected chi connectivity index (χ4v) is 6.44. The number of pyridine rings is 1. The van der Waals surface area contributed by atoms with Crippen LogP contribution in [-0.2, 0) is 15.1 Å². The lowest BCUT2D eigenvalue weighted by Gasteiger charge is -2.37. The second kappa shape index (κ2) is 13.8. The Kier molecular flexibility index (Phi) is 9.75. The van der Waals surface area contributed by atoms with E-state index in [0.29, 0.717) is 22.4 Å². The predicted octanol–water partition coefficient (Wildman–Crippen LogP) is 7.79. The van der Waals surface area contributed by atoms with Gasteiger partial charge < -0.3 is 15.4 Å². The molecular formula is C36H33ClF6N8O3. The van der Waals surface area contributed by atoms with E-state index in [1.165, 1.54) is 30.3 Å². The Labute approximate surface area is 309 Å². The summed E-state index contributed by atoms with van der Waals surface area (Å²) in [5.41, 5.74) is -3.38. The highest BCUT2D eigenvalue weighted by molar-refractivity contribution is 6.32. The molecule has 2 fully saturated rings. The van der Waals surface area contributed by atoms with Gasteiger partial charge in [0.2, 0.25) is 0 Å². The molecule has 4 aromatic rings. The van der Waals surface area contributed by atoms with Gasteiger partial charge in [-0.15, -0.1) is 0 Å². The lowest BCUT2D eigenvalue weighted by molar-refractivity contribution is -0.164. The molecular weight excluding hydrogens is 742 g/mol. The van der Waals surface area contributed by atoms with Gasteiger partial charge in [-0.25, -0.2) is 27.6 Å². The highest BCUT2D eigenvalue weighted by Crippen LogP contribution is 2.49. The number of nitrogens with zero attached hydrogens (tertiary/aromatic N) is 5. The van der Waals surface area contributed by atoms with Crippen LogP contribution in [0.2, 0.25) is 5.02 Å². The first-order valence-electron chi connectivity index (χ1n) is 16.4. The van der Waals surface area contributed by atoms with E-state index < -0.39 is 71.3 Å². The number of amides is 2. The summed E-state index contributed by atoms with van der Waals surface area (Å²) in [6.07, 6.45) is -8.01. The Morgan fingerprint density at radius 1 is 1.09 bits per heavy atom. The molecule has 1 aliphatic carbocycles. The van der Waals surface area contributed by atoms with Crippen molar-refractivity contribution in [3.63, 3.8) is 0 Å². The van der Waals surface area contributed by atoms with Gasteiger partial charge in [-0.2, -0.15) is 18.3 Å². The van der Waals surface area contributed by atoms with Crippen LogP contribution >= 0.6 is 11.6 Å². The maximum atomic E-state index is 15.0. The monoisotopic (exact) mass is 774 g/mol. The van der Waals surface area contributed by atoms with Crippen LogP contribution in [-0.4, -0.2) is 60.9 Å². The summed E-state index contributed by atoms with van der Waals surface area (Å²) in [6, 6.07) is 11.8. The highest BCUT2D eigenvalue weighted by atomic mass is 35.5. The molecule has 2 atom stereocenters. The number of carbonyl (C=O) groups excluding carboxylic acids is 2. The van der Waals surface area contributed by atoms with E-state index in [-0.39, 0.29) is 29.1 Å². The van der Waals surface area contributed by atoms with Gasteiger partial charge in [0.05, 0.1) is 28.6 Å². The first-order chi connectivity index (χ1) is 25.3. The number of carbonyl (C=O) groups is 2. The molecule has 2 aliphatic rings. The first-order valence-corrected chi connectivity index (χ1v) is 16.8. The van der Waals surface area contributed by atoms with Crippen molar-refractivity contribution in [2.24, 2.45) is 5.41 Å². The molecule has 0 unspecified atom stereocenters. The molecule has 11 nitrogen and oxygen atoms in total. The van der Waals surface area contributed by atoms with Crippen LogP contribution in [0.4, 0.5) is 31.1 Å². The SMILES string of the molecule is C=C(C(C)(C)C)[C@]1(c2ccc(-c3ccc(F)cn3)cc2)NC(=N)N([C@H](COC(=O)NC2(C(F)(F)F)CC2)c2ccc(Cl)c(-n3ncnc3C(F)F)c2)C1=O. The van der Waals surface area contributed by atoms with E-state index in [0.717, 1.165) is 22.1 Å². The number of guanidine groups is 1. The molecule has 284 valence electrons. The zero-order chi connectivity index (χ0) is 39.4. The van der Waals surface area contributed by atoms with Crippen LogP contribution in [0.25, 0.3) is 16.9 Å². The number of alkyl halides is 5. The highest BCUT2D eigenvalue weighted by Gasteiger charge is 2.65. The zero-order valence-corrected chi connectivity index (χ0v) is 29.7. The van der Waals surface area contributed by atoms with Crippen LogP contribution < -0.4 is 10.6 Å². The number of halogens is 7. The van der Waals surface area contributed by atoms with Crippen LogP contribution in [0.3, 0.4) is 0 Å². The zero-order valence-electron chi connectivity index (χ0n) is 28.9. The average Bonchev–Trinajstić information content (AvgIpc) is 3.65. The minimum absolute atomic E-state index is 0.0587. The molecule has 2 amide bonds. The van der Waals surface area contributed by atoms with Crippen LogP contribution in [0.1, 0.15) is 63.0 Å². The minimum Gasteiger partial charge on any atom is -0.447 e. The summed E-state index contributed by atoms with van der Waals surface area (Å²) in [6.45, 7) is 8.88. The van der Waals surface area contributed by atoms with Crippen LogP contribution in [0, 0.1) is 16.6 Å². The maximum Gasteiger partial charge on any atom is 0.411 e. The Hall–Kier alpha value is -5.45. The molecule has 3 N–H and O–H groups in total. The molecule has 54 heavy (non-hydrogen) atoms. The number of hydrogen-bond acceptors (Lipinski definition) is 7. The summed E-state index contributed by atoms with van der Waals surface area (Å²) in [5.74, 6) is -2.55. The normalized spacial score (nSPS) is 18.8. The second-order valence-corrected chi connectivity index (χ2v) is 14.3. The third kappa shape index (κ3) is 6.87. The van der Waals surface area contributed by atoms with E-state index in [4.69, 9.17) is 21.7 Å². The largest absolute Gasteiger partial charge is 0.447 e. The van der Waals surface area contributed by atoms with Crippen LogP contribution in [0.15, 0.2) is 79.3 Å². The Morgan fingerprint density at radius 2 is 1.78 bits per heavy atom. The minimum atomic E-state index is -4.75. The number of alkyl carbamates (subject to hydrolysis) is 1. The quantitative estimate of drug-likeness (QED) is 0.111. The van der Waals surface area contributed by atoms with Gasteiger partial charge >= 0.3 is 12.3 Å². The van der Waals surface area contributed by atoms with Gasteiger partial charge in [0, 0.05) is 5.56 Å². The average molecular weight is 775 g/mol. The fourth-order valence-electron chi connectivity index (χ4n) is 6.24. The predicted molar refractivity (Wildman–Crippen MR) is 184 cm³/mol. The summed E-state index contributed by atoms with van der Waals surface area (Å²) in [7, 11) is 0. The number of aromatic nitrogens is 4. The topological polar surface area (TPSA) is 138 Å². The molecule has 18 heteroatoms. The Balaban J connectivity index is 1.43. The molecule has 1 aliphatic heterocycles. The summed E-state index contributed by atoms with van der Waals surface area (Å²) in [5, 5.41) is 17.8. The Bertz CT molecular complexity index is 2110. The second-order valence-electron chi connectivity index (χ2n) is 13.9. The third-order valence-corrected chi connectivity index (χ3v) is 9.78. The molecule has 0 bridgehead atoms. The summed E-state index contributed by atoms with van der Waals surface area (Å²) >= 11 is 6.41. The molecule has 6 rings (SSSR count). The van der Waals surface area contributed by atoms with Gasteiger partial charge in [-0.05, 0) is 59.2 Å². The van der Waals surface area contributed by atoms with Crippen molar-refractivity contribution in [1.82, 2.24) is 35.3 Å². The number of rotatable bonds is 10. The van der Waals surface area contributed by atoms with Crippen molar-refractivity contribution < 1.29 is 40.7 Å². The molecule has 0 spiro atoms. The van der Waals surface area contributed by atoms with Crippen molar-refractivity contribution in [3.05, 3.63) is 107 Å². The van der Waals surface area contributed by atoms with E-state index in [2.05, 4.69) is 27.0 Å². The van der Waals surface area contributed by atoms with Crippen molar-refractivity contribution in [2.45, 2.75) is 63.3 Å². The van der Waals surface area contributed by atoms with Gasteiger partial charge in [0.25, 0.3) is 12.3 Å². The molecule has 1 saturated heterocycles. The molecule has 2 aromatic heterocycles. The van der Waals surface area contributed by atoms with Crippen molar-refractivity contribution in [2.75, 3.05) is 6.61 Å². The van der Waals surface area contributed by atoms with E-state index in [1.54, 1.807) is 45.0 Å². The van der Waals surface area contributed by atoms with Gasteiger partial charge in [0.1, 0.15) is 24.3 Å². The molecule has 3 heterocycles. The van der Waals surface area contributed by atoms with Crippen molar-refractivity contribution in [1.29, 1.82) is 5.41 Å². The van der Waals surface area contributed by atoms with Gasteiger partial charge in [-0.3, -0.25) is 20.1 Å². The summed E-state index contributed by atoms with van der Waals surface area (Å²) in [4.78, 5) is 36.5. The molecule has 1 saturated carbocycles. The number of hydrogen-bond donors (Lipinski definition) is 3. The van der Waals surface area contributed by atoms with Gasteiger partial charge in [-0.1, -0.05) is 69.3 Å². The van der Waals surface area contributed by atoms with Crippen molar-refractivity contribution >= 4 is 29.6 Å².